The van der Waals surface area contributed by atoms with Gasteiger partial charge in [-0.15, -0.1) is 0 Å². The van der Waals surface area contributed by atoms with Crippen molar-refractivity contribution in [3.8, 4) is 11.4 Å². The van der Waals surface area contributed by atoms with Crippen molar-refractivity contribution in [1.29, 1.82) is 0 Å². The SMILES string of the molecule is O=C(Nc1ccc(-c2nc3ccccc3[nH]2)cc1)[C@@H]1CCCN1C(=O)c1cc[nH]c1. The maximum Gasteiger partial charge on any atom is 0.256 e. The molecular formula is C23H21N5O2. The van der Waals surface area contributed by atoms with Crippen LogP contribution in [0.5, 0.6) is 0 Å². The zero-order valence-corrected chi connectivity index (χ0v) is 16.3. The number of benzene rings is 2. The van der Waals surface area contributed by atoms with Gasteiger partial charge in [-0.05, 0) is 55.3 Å². The molecule has 0 bridgehead atoms. The molecule has 1 aliphatic rings. The Morgan fingerprint density at radius 2 is 1.90 bits per heavy atom. The number of rotatable bonds is 4. The Kier molecular flexibility index (Phi) is 4.55. The number of aromatic nitrogens is 3. The van der Waals surface area contributed by atoms with Gasteiger partial charge in [-0.25, -0.2) is 4.98 Å². The minimum atomic E-state index is -0.456. The van der Waals surface area contributed by atoms with E-state index in [9.17, 15) is 9.59 Å². The second-order valence-electron chi connectivity index (χ2n) is 7.43. The number of anilines is 1. The Hall–Kier alpha value is -3.87. The molecule has 4 aromatic rings. The molecule has 3 heterocycles. The van der Waals surface area contributed by atoms with Gasteiger partial charge >= 0.3 is 0 Å². The molecule has 7 heteroatoms. The molecule has 30 heavy (non-hydrogen) atoms. The summed E-state index contributed by atoms with van der Waals surface area (Å²) in [7, 11) is 0. The smallest absolute Gasteiger partial charge is 0.256 e. The third-order valence-electron chi connectivity index (χ3n) is 5.48. The van der Waals surface area contributed by atoms with E-state index in [1.165, 1.54) is 0 Å². The zero-order valence-electron chi connectivity index (χ0n) is 16.3. The number of para-hydroxylation sites is 2. The van der Waals surface area contributed by atoms with Gasteiger partial charge in [0.15, 0.2) is 0 Å². The fourth-order valence-electron chi connectivity index (χ4n) is 3.93. The van der Waals surface area contributed by atoms with Crippen molar-refractivity contribution in [2.75, 3.05) is 11.9 Å². The number of fused-ring (bicyclic) bond motifs is 1. The summed E-state index contributed by atoms with van der Waals surface area (Å²) < 4.78 is 0. The number of carbonyl (C=O) groups is 2. The second kappa shape index (κ2) is 7.51. The van der Waals surface area contributed by atoms with E-state index in [0.717, 1.165) is 28.8 Å². The first-order chi connectivity index (χ1) is 14.7. The highest BCUT2D eigenvalue weighted by Gasteiger charge is 2.34. The third kappa shape index (κ3) is 3.34. The molecule has 2 amide bonds. The van der Waals surface area contributed by atoms with E-state index in [-0.39, 0.29) is 11.8 Å². The first kappa shape index (κ1) is 18.2. The van der Waals surface area contributed by atoms with Crippen LogP contribution in [0, 0.1) is 0 Å². The molecule has 3 N–H and O–H groups in total. The molecule has 2 aromatic heterocycles. The second-order valence-corrected chi connectivity index (χ2v) is 7.43. The first-order valence-electron chi connectivity index (χ1n) is 9.99. The average Bonchev–Trinajstić information content (AvgIpc) is 3.54. The van der Waals surface area contributed by atoms with Crippen molar-refractivity contribution in [3.05, 3.63) is 72.6 Å². The minimum Gasteiger partial charge on any atom is -0.367 e. The van der Waals surface area contributed by atoms with Crippen LogP contribution >= 0.6 is 0 Å². The summed E-state index contributed by atoms with van der Waals surface area (Å²) in [5, 5.41) is 2.95. The number of imidazole rings is 1. The molecule has 0 saturated carbocycles. The number of likely N-dealkylation sites (tertiary alicyclic amines) is 1. The standard InChI is InChI=1S/C23H21N5O2/c29-22(20-6-3-13-28(20)23(30)16-11-12-24-14-16)25-17-9-7-15(8-10-17)21-26-18-4-1-2-5-19(18)27-21/h1-2,4-5,7-12,14,20,24H,3,6,13H2,(H,25,29)(H,26,27)/t20-/m0/s1. The number of H-pyrrole nitrogens is 2. The molecule has 1 saturated heterocycles. The normalized spacial score (nSPS) is 16.1. The molecule has 1 aliphatic heterocycles. The summed E-state index contributed by atoms with van der Waals surface area (Å²) in [6.45, 7) is 0.590. The molecule has 0 aliphatic carbocycles. The summed E-state index contributed by atoms with van der Waals surface area (Å²) in [5.74, 6) is 0.509. The predicted molar refractivity (Wildman–Crippen MR) is 115 cm³/mol. The van der Waals surface area contributed by atoms with E-state index in [1.807, 2.05) is 48.5 Å². The number of hydrogen-bond donors (Lipinski definition) is 3. The van der Waals surface area contributed by atoms with E-state index in [1.54, 1.807) is 23.4 Å². The molecule has 0 spiro atoms. The van der Waals surface area contributed by atoms with Gasteiger partial charge in [-0.1, -0.05) is 12.1 Å². The Bertz CT molecular complexity index is 1160. The molecule has 1 atom stereocenters. The van der Waals surface area contributed by atoms with E-state index in [0.29, 0.717) is 24.2 Å². The highest BCUT2D eigenvalue weighted by Crippen LogP contribution is 2.24. The summed E-state index contributed by atoms with van der Waals surface area (Å²) in [4.78, 5) is 38.0. The summed E-state index contributed by atoms with van der Waals surface area (Å²) in [6.07, 6.45) is 4.85. The highest BCUT2D eigenvalue weighted by atomic mass is 16.2. The van der Waals surface area contributed by atoms with Gasteiger partial charge in [-0.2, -0.15) is 0 Å². The van der Waals surface area contributed by atoms with Gasteiger partial charge in [0, 0.05) is 30.2 Å². The lowest BCUT2D eigenvalue weighted by Crippen LogP contribution is -2.43. The van der Waals surface area contributed by atoms with Crippen LogP contribution in [0.15, 0.2) is 67.0 Å². The third-order valence-corrected chi connectivity index (χ3v) is 5.48. The van der Waals surface area contributed by atoms with Crippen molar-refractivity contribution < 1.29 is 9.59 Å². The first-order valence-corrected chi connectivity index (χ1v) is 9.99. The number of hydrogen-bond acceptors (Lipinski definition) is 3. The number of amides is 2. The molecule has 0 unspecified atom stereocenters. The lowest BCUT2D eigenvalue weighted by molar-refractivity contribution is -0.119. The van der Waals surface area contributed by atoms with E-state index in [2.05, 4.69) is 20.3 Å². The zero-order chi connectivity index (χ0) is 20.5. The number of nitrogens with one attached hydrogen (secondary N) is 3. The van der Waals surface area contributed by atoms with Gasteiger partial charge in [-0.3, -0.25) is 9.59 Å². The lowest BCUT2D eigenvalue weighted by Gasteiger charge is -2.23. The Labute approximate surface area is 173 Å². The Morgan fingerprint density at radius 1 is 1.07 bits per heavy atom. The van der Waals surface area contributed by atoms with Crippen molar-refractivity contribution in [2.45, 2.75) is 18.9 Å². The lowest BCUT2D eigenvalue weighted by atomic mass is 10.1. The molecule has 150 valence electrons. The minimum absolute atomic E-state index is 0.117. The molecule has 0 radical (unpaired) electrons. The summed E-state index contributed by atoms with van der Waals surface area (Å²) >= 11 is 0. The molecule has 2 aromatic carbocycles. The van der Waals surface area contributed by atoms with Crippen LogP contribution in [0.1, 0.15) is 23.2 Å². The van der Waals surface area contributed by atoms with Crippen molar-refractivity contribution in [3.63, 3.8) is 0 Å². The van der Waals surface area contributed by atoms with Crippen molar-refractivity contribution >= 4 is 28.5 Å². The quantitative estimate of drug-likeness (QED) is 0.487. The maximum absolute atomic E-state index is 12.8. The van der Waals surface area contributed by atoms with Gasteiger partial charge < -0.3 is 20.2 Å². The van der Waals surface area contributed by atoms with Crippen LogP contribution in [0.4, 0.5) is 5.69 Å². The van der Waals surface area contributed by atoms with Crippen LogP contribution in [-0.4, -0.2) is 44.3 Å². The van der Waals surface area contributed by atoms with E-state index >= 15 is 0 Å². The number of carbonyl (C=O) groups excluding carboxylic acids is 2. The van der Waals surface area contributed by atoms with Crippen LogP contribution in [0.25, 0.3) is 22.4 Å². The Morgan fingerprint density at radius 3 is 2.67 bits per heavy atom. The van der Waals surface area contributed by atoms with E-state index in [4.69, 9.17) is 0 Å². The predicted octanol–water partition coefficient (Wildman–Crippen LogP) is 3.80. The van der Waals surface area contributed by atoms with Gasteiger partial charge in [0.2, 0.25) is 5.91 Å². The van der Waals surface area contributed by atoms with Crippen LogP contribution in [-0.2, 0) is 4.79 Å². The molecule has 1 fully saturated rings. The van der Waals surface area contributed by atoms with Crippen molar-refractivity contribution in [2.24, 2.45) is 0 Å². The fraction of sp³-hybridized carbons (Fsp3) is 0.174. The molecular weight excluding hydrogens is 378 g/mol. The van der Waals surface area contributed by atoms with Crippen LogP contribution < -0.4 is 5.32 Å². The number of aromatic amines is 2. The van der Waals surface area contributed by atoms with Crippen molar-refractivity contribution in [1.82, 2.24) is 19.9 Å². The summed E-state index contributed by atoms with van der Waals surface area (Å²) in [6, 6.07) is 16.7. The average molecular weight is 399 g/mol. The van der Waals surface area contributed by atoms with Crippen LogP contribution in [0.3, 0.4) is 0 Å². The topological polar surface area (TPSA) is 93.9 Å². The van der Waals surface area contributed by atoms with E-state index < -0.39 is 6.04 Å². The fourth-order valence-corrected chi connectivity index (χ4v) is 3.93. The summed E-state index contributed by atoms with van der Waals surface area (Å²) in [5.41, 5.74) is 4.11. The van der Waals surface area contributed by atoms with Gasteiger partial charge in [0.05, 0.1) is 16.6 Å². The van der Waals surface area contributed by atoms with Crippen LogP contribution in [0.2, 0.25) is 0 Å². The number of nitrogens with zero attached hydrogens (tertiary/aromatic N) is 2. The Balaban J connectivity index is 1.29. The highest BCUT2D eigenvalue weighted by molar-refractivity contribution is 6.01. The van der Waals surface area contributed by atoms with Gasteiger partial charge in [0.1, 0.15) is 11.9 Å². The largest absolute Gasteiger partial charge is 0.367 e. The molecule has 7 nitrogen and oxygen atoms in total. The maximum atomic E-state index is 12.8. The monoisotopic (exact) mass is 399 g/mol. The van der Waals surface area contributed by atoms with Gasteiger partial charge in [0.25, 0.3) is 5.91 Å². The molecule has 5 rings (SSSR count).